The predicted molar refractivity (Wildman–Crippen MR) is 118 cm³/mol. The van der Waals surface area contributed by atoms with Crippen molar-refractivity contribution < 1.29 is 9.47 Å². The number of guanidine groups is 1. The average Bonchev–Trinajstić information content (AvgIpc) is 2.66. The average molecular weight is 469 g/mol. The standard InChI is InChI=1S/C20H27N3O2.HI/c1-3-24-19-13-8-7-10-17(19)16-23-20(21-2)22-14-9-15-25-18-11-5-4-6-12-18;/h4-8,10-13H,3,9,14-16H2,1-2H3,(H2,21,22,23);1H. The Balaban J connectivity index is 0.00000338. The lowest BCUT2D eigenvalue weighted by Crippen LogP contribution is -2.37. The van der Waals surface area contributed by atoms with Gasteiger partial charge in [0.1, 0.15) is 11.5 Å². The fraction of sp³-hybridized carbons (Fsp3) is 0.350. The maximum Gasteiger partial charge on any atom is 0.191 e. The molecule has 0 aromatic heterocycles. The van der Waals surface area contributed by atoms with Crippen molar-refractivity contribution in [3.8, 4) is 11.5 Å². The molecule has 26 heavy (non-hydrogen) atoms. The van der Waals surface area contributed by atoms with Crippen molar-refractivity contribution in [2.24, 2.45) is 4.99 Å². The molecule has 0 bridgehead atoms. The Kier molecular flexibility index (Phi) is 11.3. The summed E-state index contributed by atoms with van der Waals surface area (Å²) in [5, 5.41) is 6.61. The molecule has 142 valence electrons. The molecular formula is C20H28IN3O2. The quantitative estimate of drug-likeness (QED) is 0.254. The summed E-state index contributed by atoms with van der Waals surface area (Å²) in [6.45, 7) is 4.77. The van der Waals surface area contributed by atoms with Crippen molar-refractivity contribution in [3.05, 3.63) is 60.2 Å². The maximum atomic E-state index is 5.68. The number of para-hydroxylation sites is 2. The number of rotatable bonds is 9. The molecule has 0 saturated heterocycles. The molecule has 5 nitrogen and oxygen atoms in total. The van der Waals surface area contributed by atoms with Crippen LogP contribution in [0.5, 0.6) is 11.5 Å². The fourth-order valence-corrected chi connectivity index (χ4v) is 2.33. The van der Waals surface area contributed by atoms with Gasteiger partial charge in [0.2, 0.25) is 0 Å². The number of nitrogens with one attached hydrogen (secondary N) is 2. The third kappa shape index (κ3) is 7.95. The first-order valence-corrected chi connectivity index (χ1v) is 8.66. The van der Waals surface area contributed by atoms with Crippen LogP contribution in [0.3, 0.4) is 0 Å². The predicted octanol–water partition coefficient (Wildman–Crippen LogP) is 3.84. The summed E-state index contributed by atoms with van der Waals surface area (Å²) in [6.07, 6.45) is 0.894. The van der Waals surface area contributed by atoms with E-state index in [1.54, 1.807) is 7.05 Å². The molecular weight excluding hydrogens is 441 g/mol. The number of aliphatic imine (C=N–C) groups is 1. The number of hydrogen-bond acceptors (Lipinski definition) is 3. The zero-order valence-electron chi connectivity index (χ0n) is 15.4. The molecule has 0 radical (unpaired) electrons. The highest BCUT2D eigenvalue weighted by Gasteiger charge is 2.03. The van der Waals surface area contributed by atoms with E-state index in [4.69, 9.17) is 9.47 Å². The van der Waals surface area contributed by atoms with Gasteiger partial charge in [0, 0.05) is 25.7 Å². The first-order valence-electron chi connectivity index (χ1n) is 8.66. The first kappa shape index (κ1) is 22.1. The summed E-state index contributed by atoms with van der Waals surface area (Å²) < 4.78 is 11.3. The number of halogens is 1. The van der Waals surface area contributed by atoms with E-state index in [9.17, 15) is 0 Å². The van der Waals surface area contributed by atoms with Crippen molar-refractivity contribution in [1.29, 1.82) is 0 Å². The van der Waals surface area contributed by atoms with Crippen LogP contribution in [0.15, 0.2) is 59.6 Å². The first-order chi connectivity index (χ1) is 12.3. The van der Waals surface area contributed by atoms with Crippen molar-refractivity contribution in [2.45, 2.75) is 19.9 Å². The Morgan fingerprint density at radius 3 is 2.42 bits per heavy atom. The van der Waals surface area contributed by atoms with Crippen molar-refractivity contribution in [1.82, 2.24) is 10.6 Å². The van der Waals surface area contributed by atoms with Gasteiger partial charge in [-0.3, -0.25) is 4.99 Å². The van der Waals surface area contributed by atoms with Gasteiger partial charge in [0.15, 0.2) is 5.96 Å². The van der Waals surface area contributed by atoms with Crippen LogP contribution >= 0.6 is 24.0 Å². The summed E-state index contributed by atoms with van der Waals surface area (Å²) in [6, 6.07) is 17.9. The maximum absolute atomic E-state index is 5.68. The molecule has 0 saturated carbocycles. The Hall–Kier alpha value is -1.96. The lowest BCUT2D eigenvalue weighted by molar-refractivity contribution is 0.311. The molecule has 0 aliphatic rings. The smallest absolute Gasteiger partial charge is 0.191 e. The van der Waals surface area contributed by atoms with Crippen LogP contribution in [0.4, 0.5) is 0 Å². The second-order valence-electron chi connectivity index (χ2n) is 5.41. The Morgan fingerprint density at radius 2 is 1.69 bits per heavy atom. The van der Waals surface area contributed by atoms with E-state index in [0.717, 1.165) is 36.0 Å². The van der Waals surface area contributed by atoms with Crippen LogP contribution < -0.4 is 20.1 Å². The minimum atomic E-state index is 0. The van der Waals surface area contributed by atoms with Gasteiger partial charge in [-0.05, 0) is 31.5 Å². The molecule has 2 aromatic carbocycles. The largest absolute Gasteiger partial charge is 0.494 e. The minimum Gasteiger partial charge on any atom is -0.494 e. The zero-order chi connectivity index (χ0) is 17.7. The van der Waals surface area contributed by atoms with Crippen LogP contribution in [0.25, 0.3) is 0 Å². The monoisotopic (exact) mass is 469 g/mol. The summed E-state index contributed by atoms with van der Waals surface area (Å²) in [4.78, 5) is 4.25. The molecule has 0 atom stereocenters. The Morgan fingerprint density at radius 1 is 0.962 bits per heavy atom. The molecule has 0 spiro atoms. The topological polar surface area (TPSA) is 54.9 Å². The van der Waals surface area contributed by atoms with E-state index in [1.807, 2.05) is 55.5 Å². The van der Waals surface area contributed by atoms with E-state index in [2.05, 4.69) is 21.7 Å². The highest BCUT2D eigenvalue weighted by molar-refractivity contribution is 14.0. The van der Waals surface area contributed by atoms with E-state index < -0.39 is 0 Å². The second-order valence-corrected chi connectivity index (χ2v) is 5.41. The van der Waals surface area contributed by atoms with Gasteiger partial charge < -0.3 is 20.1 Å². The molecule has 6 heteroatoms. The molecule has 2 rings (SSSR count). The van der Waals surface area contributed by atoms with Crippen LogP contribution in [-0.2, 0) is 6.54 Å². The van der Waals surface area contributed by atoms with Gasteiger partial charge in [-0.1, -0.05) is 36.4 Å². The van der Waals surface area contributed by atoms with Crippen molar-refractivity contribution >= 4 is 29.9 Å². The Bertz CT molecular complexity index is 651. The van der Waals surface area contributed by atoms with Gasteiger partial charge in [-0.2, -0.15) is 0 Å². The lowest BCUT2D eigenvalue weighted by atomic mass is 10.2. The molecule has 0 heterocycles. The van der Waals surface area contributed by atoms with Crippen LogP contribution in [0.1, 0.15) is 18.9 Å². The normalized spacial score (nSPS) is 10.6. The molecule has 0 amide bonds. The number of benzene rings is 2. The number of nitrogens with zero attached hydrogens (tertiary/aromatic N) is 1. The van der Waals surface area contributed by atoms with Gasteiger partial charge >= 0.3 is 0 Å². The molecule has 0 aliphatic carbocycles. The highest BCUT2D eigenvalue weighted by atomic mass is 127. The third-order valence-corrected chi connectivity index (χ3v) is 3.57. The molecule has 0 unspecified atom stereocenters. The third-order valence-electron chi connectivity index (χ3n) is 3.57. The molecule has 0 aliphatic heterocycles. The van der Waals surface area contributed by atoms with Gasteiger partial charge in [-0.15, -0.1) is 24.0 Å². The second kappa shape index (κ2) is 13.3. The highest BCUT2D eigenvalue weighted by Crippen LogP contribution is 2.17. The molecule has 0 fully saturated rings. The molecule has 2 N–H and O–H groups in total. The minimum absolute atomic E-state index is 0. The van der Waals surface area contributed by atoms with E-state index in [-0.39, 0.29) is 24.0 Å². The summed E-state index contributed by atoms with van der Waals surface area (Å²) in [5.41, 5.74) is 1.11. The van der Waals surface area contributed by atoms with Gasteiger partial charge in [0.25, 0.3) is 0 Å². The SMILES string of the molecule is CCOc1ccccc1CNC(=NC)NCCCOc1ccccc1.I. The summed E-state index contributed by atoms with van der Waals surface area (Å²) in [7, 11) is 1.77. The Labute approximate surface area is 173 Å². The number of hydrogen-bond donors (Lipinski definition) is 2. The number of ether oxygens (including phenoxy) is 2. The van der Waals surface area contributed by atoms with Crippen LogP contribution in [0, 0.1) is 0 Å². The van der Waals surface area contributed by atoms with Crippen LogP contribution in [0.2, 0.25) is 0 Å². The van der Waals surface area contributed by atoms with Crippen molar-refractivity contribution in [2.75, 3.05) is 26.8 Å². The van der Waals surface area contributed by atoms with Crippen molar-refractivity contribution in [3.63, 3.8) is 0 Å². The molecule has 2 aromatic rings. The summed E-state index contributed by atoms with van der Waals surface area (Å²) in [5.74, 6) is 2.58. The van der Waals surface area contributed by atoms with Crippen LogP contribution in [-0.4, -0.2) is 32.8 Å². The van der Waals surface area contributed by atoms with E-state index >= 15 is 0 Å². The van der Waals surface area contributed by atoms with E-state index in [0.29, 0.717) is 19.8 Å². The zero-order valence-corrected chi connectivity index (χ0v) is 17.7. The summed E-state index contributed by atoms with van der Waals surface area (Å²) >= 11 is 0. The van der Waals surface area contributed by atoms with E-state index in [1.165, 1.54) is 0 Å². The lowest BCUT2D eigenvalue weighted by Gasteiger charge is -2.14. The van der Waals surface area contributed by atoms with Gasteiger partial charge in [-0.25, -0.2) is 0 Å². The fourth-order valence-electron chi connectivity index (χ4n) is 2.33. The van der Waals surface area contributed by atoms with Gasteiger partial charge in [0.05, 0.1) is 13.2 Å².